The first-order chi connectivity index (χ1) is 10.2. The number of nitro benzene ring substituents is 1. The van der Waals surface area contributed by atoms with Gasteiger partial charge < -0.3 is 14.8 Å². The molecule has 1 N–H and O–H groups in total. The van der Waals surface area contributed by atoms with E-state index in [0.717, 1.165) is 12.1 Å². The fourth-order valence-electron chi connectivity index (χ4n) is 2.16. The lowest BCUT2D eigenvalue weighted by Gasteiger charge is -2.23. The first-order valence-electron chi connectivity index (χ1n) is 6.59. The number of anilines is 1. The van der Waals surface area contributed by atoms with Crippen LogP contribution in [0.1, 0.15) is 18.9 Å². The molecule has 22 heavy (non-hydrogen) atoms. The third kappa shape index (κ3) is 3.86. The summed E-state index contributed by atoms with van der Waals surface area (Å²) in [5.74, 6) is -0.813. The lowest BCUT2D eigenvalue weighted by Crippen LogP contribution is -2.28. The highest BCUT2D eigenvalue weighted by molar-refractivity contribution is 5.57. The van der Waals surface area contributed by atoms with E-state index in [1.54, 1.807) is 6.92 Å². The number of nitro groups is 1. The molecule has 1 aromatic carbocycles. The van der Waals surface area contributed by atoms with Gasteiger partial charge in [-0.1, -0.05) is 0 Å². The van der Waals surface area contributed by atoms with Gasteiger partial charge in [0.1, 0.15) is 0 Å². The standard InChI is InChI=1S/C13H15F3N2O4/c1-12(21-6-7-22-12)4-5-17-11-3-2-9(18(19)20)8-10(11)13(14,15)16/h2-3,8,17H,4-7H2,1H3. The van der Waals surface area contributed by atoms with E-state index in [2.05, 4.69) is 5.32 Å². The van der Waals surface area contributed by atoms with Crippen molar-refractivity contribution in [3.63, 3.8) is 0 Å². The number of rotatable bonds is 5. The maximum Gasteiger partial charge on any atom is 0.418 e. The van der Waals surface area contributed by atoms with Crippen LogP contribution in [0, 0.1) is 10.1 Å². The Labute approximate surface area is 124 Å². The second kappa shape index (κ2) is 6.09. The lowest BCUT2D eigenvalue weighted by molar-refractivity contribution is -0.385. The van der Waals surface area contributed by atoms with Crippen LogP contribution in [0.25, 0.3) is 0 Å². The van der Waals surface area contributed by atoms with Gasteiger partial charge >= 0.3 is 6.18 Å². The van der Waals surface area contributed by atoms with Crippen molar-refractivity contribution >= 4 is 11.4 Å². The predicted octanol–water partition coefficient (Wildman–Crippen LogP) is 3.18. The molecule has 0 aliphatic carbocycles. The fraction of sp³-hybridized carbons (Fsp3) is 0.538. The highest BCUT2D eigenvalue weighted by atomic mass is 19.4. The van der Waals surface area contributed by atoms with Crippen molar-refractivity contribution in [2.24, 2.45) is 0 Å². The van der Waals surface area contributed by atoms with Gasteiger partial charge in [-0.05, 0) is 13.0 Å². The summed E-state index contributed by atoms with van der Waals surface area (Å²) in [6.07, 6.45) is -4.33. The Morgan fingerprint density at radius 2 is 2.00 bits per heavy atom. The maximum absolute atomic E-state index is 13.0. The second-order valence-electron chi connectivity index (χ2n) is 4.99. The Morgan fingerprint density at radius 3 is 2.55 bits per heavy atom. The van der Waals surface area contributed by atoms with Crippen molar-refractivity contribution in [2.45, 2.75) is 25.3 Å². The molecule has 1 fully saturated rings. The van der Waals surface area contributed by atoms with E-state index in [1.165, 1.54) is 0 Å². The molecule has 1 aliphatic heterocycles. The number of benzene rings is 1. The molecule has 2 rings (SSSR count). The molecule has 0 saturated carbocycles. The molecule has 1 aromatic rings. The van der Waals surface area contributed by atoms with Gasteiger partial charge in [0.2, 0.25) is 0 Å². The largest absolute Gasteiger partial charge is 0.418 e. The average molecular weight is 320 g/mol. The zero-order chi connectivity index (χ0) is 16.4. The lowest BCUT2D eigenvalue weighted by atomic mass is 10.1. The van der Waals surface area contributed by atoms with Crippen molar-refractivity contribution in [1.82, 2.24) is 0 Å². The SMILES string of the molecule is CC1(CCNc2ccc([N+](=O)[O-])cc2C(F)(F)F)OCCO1. The number of halogens is 3. The van der Waals surface area contributed by atoms with Crippen LogP contribution in [0.15, 0.2) is 18.2 Å². The highest BCUT2D eigenvalue weighted by Gasteiger charge is 2.36. The maximum atomic E-state index is 13.0. The van der Waals surface area contributed by atoms with E-state index < -0.39 is 28.1 Å². The van der Waals surface area contributed by atoms with Gasteiger partial charge in [0.15, 0.2) is 5.79 Å². The van der Waals surface area contributed by atoms with Crippen molar-refractivity contribution in [2.75, 3.05) is 25.1 Å². The van der Waals surface area contributed by atoms with Crippen LogP contribution < -0.4 is 5.32 Å². The molecule has 0 atom stereocenters. The summed E-state index contributed by atoms with van der Waals surface area (Å²) in [5.41, 5.74) is -1.88. The van der Waals surface area contributed by atoms with Crippen LogP contribution in [0.4, 0.5) is 24.5 Å². The quantitative estimate of drug-likeness (QED) is 0.666. The number of hydrogen-bond donors (Lipinski definition) is 1. The van der Waals surface area contributed by atoms with Crippen LogP contribution in [-0.4, -0.2) is 30.5 Å². The number of ether oxygens (including phenoxy) is 2. The number of hydrogen-bond acceptors (Lipinski definition) is 5. The number of nitrogens with one attached hydrogen (secondary N) is 1. The van der Waals surface area contributed by atoms with E-state index >= 15 is 0 Å². The van der Waals surface area contributed by atoms with Crippen LogP contribution in [-0.2, 0) is 15.7 Å². The molecule has 6 nitrogen and oxygen atoms in total. The Bertz CT molecular complexity index is 557. The smallest absolute Gasteiger partial charge is 0.384 e. The van der Waals surface area contributed by atoms with E-state index in [-0.39, 0.29) is 12.2 Å². The summed E-state index contributed by atoms with van der Waals surface area (Å²) in [6, 6.07) is 2.61. The molecule has 9 heteroatoms. The number of non-ortho nitro benzene ring substituents is 1. The highest BCUT2D eigenvalue weighted by Crippen LogP contribution is 2.37. The van der Waals surface area contributed by atoms with E-state index in [9.17, 15) is 23.3 Å². The van der Waals surface area contributed by atoms with E-state index in [1.807, 2.05) is 0 Å². The van der Waals surface area contributed by atoms with Gasteiger partial charge in [-0.2, -0.15) is 13.2 Å². The van der Waals surface area contributed by atoms with Gasteiger partial charge in [0.25, 0.3) is 5.69 Å². The van der Waals surface area contributed by atoms with Crippen LogP contribution in [0.2, 0.25) is 0 Å². The minimum absolute atomic E-state index is 0.178. The average Bonchev–Trinajstić information content (AvgIpc) is 2.84. The van der Waals surface area contributed by atoms with Gasteiger partial charge in [-0.3, -0.25) is 10.1 Å². The van der Waals surface area contributed by atoms with Crippen molar-refractivity contribution in [1.29, 1.82) is 0 Å². The monoisotopic (exact) mass is 320 g/mol. The summed E-state index contributed by atoms with van der Waals surface area (Å²) in [7, 11) is 0. The summed E-state index contributed by atoms with van der Waals surface area (Å²) >= 11 is 0. The first-order valence-corrected chi connectivity index (χ1v) is 6.59. The molecule has 0 bridgehead atoms. The van der Waals surface area contributed by atoms with Crippen molar-refractivity contribution in [3.05, 3.63) is 33.9 Å². The Kier molecular flexibility index (Phi) is 4.57. The minimum Gasteiger partial charge on any atom is -0.384 e. The Hall–Kier alpha value is -1.87. The van der Waals surface area contributed by atoms with Crippen LogP contribution in [0.3, 0.4) is 0 Å². The Balaban J connectivity index is 2.11. The second-order valence-corrected chi connectivity index (χ2v) is 4.99. The summed E-state index contributed by atoms with van der Waals surface area (Å²) in [4.78, 5) is 9.75. The molecule has 0 spiro atoms. The molecule has 1 aliphatic rings. The van der Waals surface area contributed by atoms with Crippen LogP contribution >= 0.6 is 0 Å². The van der Waals surface area contributed by atoms with Crippen molar-refractivity contribution in [3.8, 4) is 0 Å². The summed E-state index contributed by atoms with van der Waals surface area (Å²) in [5, 5.41) is 13.2. The molecule has 122 valence electrons. The topological polar surface area (TPSA) is 73.6 Å². The van der Waals surface area contributed by atoms with Crippen molar-refractivity contribution < 1.29 is 27.6 Å². The molecule has 0 aromatic heterocycles. The zero-order valence-corrected chi connectivity index (χ0v) is 11.8. The third-order valence-electron chi connectivity index (χ3n) is 3.31. The van der Waals surface area contributed by atoms with E-state index in [0.29, 0.717) is 25.7 Å². The molecular weight excluding hydrogens is 305 g/mol. The molecule has 0 amide bonds. The van der Waals surface area contributed by atoms with Gasteiger partial charge in [-0.15, -0.1) is 0 Å². The minimum atomic E-state index is -4.68. The molecule has 1 saturated heterocycles. The molecule has 1 heterocycles. The fourth-order valence-corrected chi connectivity index (χ4v) is 2.16. The number of alkyl halides is 3. The van der Waals surface area contributed by atoms with Gasteiger partial charge in [0, 0.05) is 30.8 Å². The van der Waals surface area contributed by atoms with Crippen LogP contribution in [0.5, 0.6) is 0 Å². The summed E-state index contributed by atoms with van der Waals surface area (Å²) in [6.45, 7) is 2.78. The molecular formula is C13H15F3N2O4. The number of nitrogens with zero attached hydrogens (tertiary/aromatic N) is 1. The zero-order valence-electron chi connectivity index (χ0n) is 11.8. The molecule has 0 unspecified atom stereocenters. The predicted molar refractivity (Wildman–Crippen MR) is 71.5 cm³/mol. The Morgan fingerprint density at radius 1 is 1.36 bits per heavy atom. The first kappa shape index (κ1) is 16.5. The normalized spacial score (nSPS) is 17.5. The van der Waals surface area contributed by atoms with Gasteiger partial charge in [0.05, 0.1) is 23.7 Å². The molecule has 0 radical (unpaired) electrons. The van der Waals surface area contributed by atoms with E-state index in [4.69, 9.17) is 9.47 Å². The summed E-state index contributed by atoms with van der Waals surface area (Å²) < 4.78 is 49.7. The third-order valence-corrected chi connectivity index (χ3v) is 3.31. The van der Waals surface area contributed by atoms with Gasteiger partial charge in [-0.25, -0.2) is 0 Å².